The first kappa shape index (κ1) is 14.0. The number of methoxy groups -OCH3 is 1. The first-order chi connectivity index (χ1) is 9.70. The van der Waals surface area contributed by atoms with E-state index < -0.39 is 5.82 Å². The number of carbonyl (C=O) groups is 1. The van der Waals surface area contributed by atoms with Crippen LogP contribution in [0.1, 0.15) is 16.8 Å². The molecule has 1 amide bonds. The van der Waals surface area contributed by atoms with Gasteiger partial charge in [0, 0.05) is 25.5 Å². The zero-order valence-corrected chi connectivity index (χ0v) is 11.2. The van der Waals surface area contributed by atoms with Gasteiger partial charge in [0.1, 0.15) is 11.6 Å². The quantitative estimate of drug-likeness (QED) is 0.820. The second-order valence-corrected chi connectivity index (χ2v) is 4.25. The number of amides is 1. The highest BCUT2D eigenvalue weighted by molar-refractivity contribution is 5.96. The zero-order valence-electron chi connectivity index (χ0n) is 11.2. The van der Waals surface area contributed by atoms with Crippen LogP contribution in [0.4, 0.5) is 4.39 Å². The number of nitrogens with one attached hydrogen (secondary N) is 1. The summed E-state index contributed by atoms with van der Waals surface area (Å²) in [5.41, 5.74) is 0.204. The molecule has 5 nitrogen and oxygen atoms in total. The van der Waals surface area contributed by atoms with E-state index in [2.05, 4.69) is 10.3 Å². The van der Waals surface area contributed by atoms with E-state index in [1.807, 2.05) is 10.8 Å². The summed E-state index contributed by atoms with van der Waals surface area (Å²) in [4.78, 5) is 15.9. The number of hydrogen-bond acceptors (Lipinski definition) is 3. The van der Waals surface area contributed by atoms with Crippen LogP contribution >= 0.6 is 0 Å². The lowest BCUT2D eigenvalue weighted by atomic mass is 10.2. The zero-order chi connectivity index (χ0) is 14.4. The Bertz CT molecular complexity index is 570. The van der Waals surface area contributed by atoms with Crippen LogP contribution in [0.25, 0.3) is 0 Å². The van der Waals surface area contributed by atoms with Crippen LogP contribution in [0, 0.1) is 5.82 Å². The third-order valence-corrected chi connectivity index (χ3v) is 2.84. The van der Waals surface area contributed by atoms with Crippen molar-refractivity contribution >= 4 is 5.91 Å². The molecule has 6 heteroatoms. The molecular formula is C14H16FN3O2. The van der Waals surface area contributed by atoms with Gasteiger partial charge in [-0.05, 0) is 24.6 Å². The van der Waals surface area contributed by atoms with Crippen molar-refractivity contribution < 1.29 is 13.9 Å². The lowest BCUT2D eigenvalue weighted by molar-refractivity contribution is 0.0949. The van der Waals surface area contributed by atoms with Gasteiger partial charge >= 0.3 is 0 Å². The fourth-order valence-electron chi connectivity index (χ4n) is 1.84. The van der Waals surface area contributed by atoms with Crippen molar-refractivity contribution in [1.29, 1.82) is 0 Å². The van der Waals surface area contributed by atoms with Gasteiger partial charge in [0.05, 0.1) is 19.0 Å². The van der Waals surface area contributed by atoms with Gasteiger partial charge in [-0.2, -0.15) is 0 Å². The smallest absolute Gasteiger partial charge is 0.255 e. The molecule has 20 heavy (non-hydrogen) atoms. The van der Waals surface area contributed by atoms with Crippen molar-refractivity contribution in [3.05, 3.63) is 48.3 Å². The maximum Gasteiger partial charge on any atom is 0.255 e. The number of hydrogen-bond donors (Lipinski definition) is 1. The number of carbonyl (C=O) groups excluding carboxylic acids is 1. The lowest BCUT2D eigenvalue weighted by Crippen LogP contribution is -2.25. The van der Waals surface area contributed by atoms with E-state index in [1.165, 1.54) is 25.3 Å². The van der Waals surface area contributed by atoms with Crippen molar-refractivity contribution in [2.45, 2.75) is 13.0 Å². The van der Waals surface area contributed by atoms with E-state index in [0.717, 1.165) is 13.0 Å². The molecule has 0 aliphatic carbocycles. The summed E-state index contributed by atoms with van der Waals surface area (Å²) in [7, 11) is 1.45. The molecule has 2 rings (SSSR count). The first-order valence-corrected chi connectivity index (χ1v) is 6.28. The van der Waals surface area contributed by atoms with Gasteiger partial charge in [0.25, 0.3) is 5.91 Å². The molecule has 0 aliphatic rings. The largest absolute Gasteiger partial charge is 0.496 e. The van der Waals surface area contributed by atoms with Gasteiger partial charge in [-0.25, -0.2) is 9.37 Å². The fourth-order valence-corrected chi connectivity index (χ4v) is 1.84. The van der Waals surface area contributed by atoms with E-state index in [4.69, 9.17) is 4.74 Å². The molecule has 0 fully saturated rings. The summed E-state index contributed by atoms with van der Waals surface area (Å²) in [6.07, 6.45) is 6.05. The highest BCUT2D eigenvalue weighted by Gasteiger charge is 2.12. The van der Waals surface area contributed by atoms with Crippen LogP contribution in [0.15, 0.2) is 36.9 Å². The van der Waals surface area contributed by atoms with E-state index in [-0.39, 0.29) is 11.5 Å². The predicted octanol–water partition coefficient (Wildman–Crippen LogP) is 1.85. The maximum atomic E-state index is 13.2. The molecule has 106 valence electrons. The number of halogens is 1. The average Bonchev–Trinajstić information content (AvgIpc) is 2.96. The van der Waals surface area contributed by atoms with Crippen molar-refractivity contribution in [1.82, 2.24) is 14.9 Å². The minimum atomic E-state index is -0.464. The molecule has 0 spiro atoms. The second-order valence-electron chi connectivity index (χ2n) is 4.25. The number of ether oxygens (including phenoxy) is 1. The monoisotopic (exact) mass is 277 g/mol. The Kier molecular flexibility index (Phi) is 4.70. The Balaban J connectivity index is 1.87. The fraction of sp³-hybridized carbons (Fsp3) is 0.286. The molecule has 0 radical (unpaired) electrons. The van der Waals surface area contributed by atoms with Crippen molar-refractivity contribution in [3.8, 4) is 5.75 Å². The molecule has 1 aromatic heterocycles. The first-order valence-electron chi connectivity index (χ1n) is 6.28. The molecule has 1 heterocycles. The molecule has 0 saturated carbocycles. The molecule has 0 bridgehead atoms. The van der Waals surface area contributed by atoms with Crippen molar-refractivity contribution in [2.24, 2.45) is 0 Å². The van der Waals surface area contributed by atoms with E-state index in [9.17, 15) is 9.18 Å². The normalized spacial score (nSPS) is 10.3. The number of nitrogens with zero attached hydrogens (tertiary/aromatic N) is 2. The van der Waals surface area contributed by atoms with Crippen LogP contribution in [-0.2, 0) is 6.54 Å². The molecule has 0 unspecified atom stereocenters. The lowest BCUT2D eigenvalue weighted by Gasteiger charge is -2.09. The number of rotatable bonds is 6. The molecule has 2 aromatic rings. The number of aryl methyl sites for hydroxylation is 1. The summed E-state index contributed by atoms with van der Waals surface area (Å²) in [6, 6.07) is 3.87. The number of benzene rings is 1. The molecule has 0 atom stereocenters. The Morgan fingerprint density at radius 3 is 3.05 bits per heavy atom. The molecule has 0 saturated heterocycles. The Labute approximate surface area is 116 Å². The molecule has 0 aliphatic heterocycles. The number of aromatic nitrogens is 2. The Hall–Kier alpha value is -2.37. The van der Waals surface area contributed by atoms with Gasteiger partial charge in [0.2, 0.25) is 0 Å². The average molecular weight is 277 g/mol. The van der Waals surface area contributed by atoms with Crippen molar-refractivity contribution in [2.75, 3.05) is 13.7 Å². The summed E-state index contributed by atoms with van der Waals surface area (Å²) in [5.74, 6) is -0.445. The third kappa shape index (κ3) is 3.57. The van der Waals surface area contributed by atoms with Crippen LogP contribution < -0.4 is 10.1 Å². The topological polar surface area (TPSA) is 56.1 Å². The molecule has 1 aromatic carbocycles. The molecular weight excluding hydrogens is 261 g/mol. The van der Waals surface area contributed by atoms with Crippen LogP contribution in [0.5, 0.6) is 5.75 Å². The van der Waals surface area contributed by atoms with Crippen LogP contribution in [0.3, 0.4) is 0 Å². The van der Waals surface area contributed by atoms with E-state index >= 15 is 0 Å². The van der Waals surface area contributed by atoms with Crippen LogP contribution in [0.2, 0.25) is 0 Å². The highest BCUT2D eigenvalue weighted by atomic mass is 19.1. The second kappa shape index (κ2) is 6.70. The van der Waals surface area contributed by atoms with Gasteiger partial charge in [-0.15, -0.1) is 0 Å². The van der Waals surface area contributed by atoms with Gasteiger partial charge < -0.3 is 14.6 Å². The predicted molar refractivity (Wildman–Crippen MR) is 72.1 cm³/mol. The SMILES string of the molecule is COc1ccc(F)cc1C(=O)NCCCn1ccnc1. The van der Waals surface area contributed by atoms with E-state index in [0.29, 0.717) is 12.3 Å². The van der Waals surface area contributed by atoms with Crippen molar-refractivity contribution in [3.63, 3.8) is 0 Å². The van der Waals surface area contributed by atoms with Gasteiger partial charge in [0.15, 0.2) is 0 Å². The summed E-state index contributed by atoms with van der Waals surface area (Å²) >= 11 is 0. The minimum absolute atomic E-state index is 0.204. The minimum Gasteiger partial charge on any atom is -0.496 e. The van der Waals surface area contributed by atoms with Crippen LogP contribution in [-0.4, -0.2) is 29.1 Å². The van der Waals surface area contributed by atoms with E-state index in [1.54, 1.807) is 12.5 Å². The summed E-state index contributed by atoms with van der Waals surface area (Å²) < 4.78 is 20.1. The van der Waals surface area contributed by atoms with Gasteiger partial charge in [-0.1, -0.05) is 0 Å². The maximum absolute atomic E-state index is 13.2. The molecule has 1 N–H and O–H groups in total. The third-order valence-electron chi connectivity index (χ3n) is 2.84. The summed E-state index contributed by atoms with van der Waals surface area (Å²) in [6.45, 7) is 1.26. The Morgan fingerprint density at radius 1 is 1.50 bits per heavy atom. The summed E-state index contributed by atoms with van der Waals surface area (Å²) in [5, 5.41) is 2.74. The number of imidazole rings is 1. The standard InChI is InChI=1S/C14H16FN3O2/c1-20-13-4-3-11(15)9-12(13)14(19)17-5-2-7-18-8-6-16-10-18/h3-4,6,8-10H,2,5,7H2,1H3,(H,17,19). The highest BCUT2D eigenvalue weighted by Crippen LogP contribution is 2.18. The Morgan fingerprint density at radius 2 is 2.35 bits per heavy atom. The van der Waals surface area contributed by atoms with Gasteiger partial charge in [-0.3, -0.25) is 4.79 Å².